The van der Waals surface area contributed by atoms with E-state index in [-0.39, 0.29) is 5.56 Å². The van der Waals surface area contributed by atoms with Crippen LogP contribution in [0.15, 0.2) is 21.1 Å². The molecule has 0 spiro atoms. The number of nitrogens with zero attached hydrogens (tertiary/aromatic N) is 4. The molecule has 0 aliphatic carbocycles. The number of phosphoric ester groups is 1. The molecule has 0 saturated carbocycles. The number of aromatic nitrogens is 2. The predicted molar refractivity (Wildman–Crippen MR) is 79.1 cm³/mol. The summed E-state index contributed by atoms with van der Waals surface area (Å²) in [6.45, 7) is 1.37. The number of phosphoric acid groups is 1. The summed E-state index contributed by atoms with van der Waals surface area (Å²) in [5, 5.41) is 22.8. The highest BCUT2D eigenvalue weighted by molar-refractivity contribution is 7.46. The van der Waals surface area contributed by atoms with E-state index in [1.807, 2.05) is 4.98 Å². The van der Waals surface area contributed by atoms with Gasteiger partial charge in [0.15, 0.2) is 24.7 Å². The van der Waals surface area contributed by atoms with E-state index in [0.29, 0.717) is 0 Å². The van der Waals surface area contributed by atoms with E-state index in [1.54, 1.807) is 0 Å². The monoisotopic (exact) mass is 395 g/mol. The smallest absolute Gasteiger partial charge is 0.424 e. The second kappa shape index (κ2) is 7.57. The summed E-state index contributed by atoms with van der Waals surface area (Å²) in [5.41, 5.74) is 6.75. The molecule has 0 amide bonds. The molecular formula is C10H14N5O10P. The van der Waals surface area contributed by atoms with Crippen LogP contribution in [0, 0.1) is 6.92 Å². The van der Waals surface area contributed by atoms with Gasteiger partial charge in [0.25, 0.3) is 5.56 Å². The highest BCUT2D eigenvalue weighted by atomic mass is 31.2. The van der Waals surface area contributed by atoms with Gasteiger partial charge in [-0.15, -0.1) is 0 Å². The van der Waals surface area contributed by atoms with E-state index in [4.69, 9.17) is 20.1 Å². The van der Waals surface area contributed by atoms with Crippen LogP contribution in [-0.2, 0) is 18.7 Å². The maximum atomic E-state index is 11.9. The first-order chi connectivity index (χ1) is 12.0. The van der Waals surface area contributed by atoms with Crippen LogP contribution in [0.4, 0.5) is 0 Å². The number of ether oxygens (including phenoxy) is 1. The molecule has 26 heavy (non-hydrogen) atoms. The second-order valence-electron chi connectivity index (χ2n) is 5.19. The van der Waals surface area contributed by atoms with E-state index >= 15 is 0 Å². The molecule has 2 heterocycles. The predicted octanol–water partition coefficient (Wildman–Crippen LogP) is -1.86. The third kappa shape index (κ3) is 4.30. The van der Waals surface area contributed by atoms with Crippen LogP contribution in [0.1, 0.15) is 11.8 Å². The van der Waals surface area contributed by atoms with Crippen LogP contribution in [0.5, 0.6) is 0 Å². The lowest BCUT2D eigenvalue weighted by Gasteiger charge is -2.22. The summed E-state index contributed by atoms with van der Waals surface area (Å²) in [6.07, 6.45) is -7.98. The van der Waals surface area contributed by atoms with E-state index < -0.39 is 49.9 Å². The van der Waals surface area contributed by atoms with Crippen molar-refractivity contribution in [3.63, 3.8) is 0 Å². The van der Waals surface area contributed by atoms with Crippen molar-refractivity contribution in [1.82, 2.24) is 9.55 Å². The summed E-state index contributed by atoms with van der Waals surface area (Å²) >= 11 is 0. The molecule has 0 aromatic carbocycles. The van der Waals surface area contributed by atoms with E-state index in [9.17, 15) is 24.4 Å². The third-order valence-electron chi connectivity index (χ3n) is 3.40. The summed E-state index contributed by atoms with van der Waals surface area (Å²) in [4.78, 5) is 49.7. The molecule has 1 aliphatic rings. The van der Waals surface area contributed by atoms with Gasteiger partial charge in [0.05, 0.1) is 0 Å². The minimum atomic E-state index is -5.15. The van der Waals surface area contributed by atoms with Gasteiger partial charge < -0.3 is 29.6 Å². The molecule has 5 N–H and O–H groups in total. The van der Waals surface area contributed by atoms with Crippen LogP contribution < -0.4 is 11.2 Å². The molecule has 0 radical (unpaired) electrons. The van der Waals surface area contributed by atoms with Crippen molar-refractivity contribution >= 4 is 7.82 Å². The van der Waals surface area contributed by atoms with Crippen LogP contribution in [0.25, 0.3) is 10.4 Å². The molecule has 3 unspecified atom stereocenters. The summed E-state index contributed by atoms with van der Waals surface area (Å²) < 4.78 is 20.9. The fraction of sp³-hybridized carbons (Fsp3) is 0.600. The Bertz CT molecular complexity index is 872. The maximum absolute atomic E-state index is 11.9. The molecule has 1 aromatic rings. The fourth-order valence-electron chi connectivity index (χ4n) is 2.31. The minimum absolute atomic E-state index is 0.0865. The lowest BCUT2D eigenvalue weighted by atomic mass is 10.1. The average Bonchev–Trinajstić information content (AvgIpc) is 2.84. The number of H-pyrrole nitrogens is 1. The first-order valence-electron chi connectivity index (χ1n) is 6.83. The number of rotatable bonds is 6. The zero-order valence-corrected chi connectivity index (χ0v) is 13.8. The first-order valence-corrected chi connectivity index (χ1v) is 8.36. The quantitative estimate of drug-likeness (QED) is 0.0900. The average molecular weight is 395 g/mol. The Morgan fingerprint density at radius 2 is 2.15 bits per heavy atom. The van der Waals surface area contributed by atoms with Gasteiger partial charge in [0.2, 0.25) is 0 Å². The molecule has 1 aromatic heterocycles. The second-order valence-corrected chi connectivity index (χ2v) is 6.38. The summed E-state index contributed by atoms with van der Waals surface area (Å²) in [6, 6.07) is 0. The Kier molecular flexibility index (Phi) is 5.85. The van der Waals surface area contributed by atoms with Gasteiger partial charge in [-0.3, -0.25) is 18.9 Å². The highest BCUT2D eigenvalue weighted by Crippen LogP contribution is 2.41. The number of aromatic amines is 1. The van der Waals surface area contributed by atoms with Crippen molar-refractivity contribution in [3.05, 3.63) is 43.0 Å². The van der Waals surface area contributed by atoms with Crippen molar-refractivity contribution in [2.24, 2.45) is 5.28 Å². The van der Waals surface area contributed by atoms with Gasteiger partial charge in [-0.1, -0.05) is 0 Å². The zero-order valence-electron chi connectivity index (χ0n) is 12.9. The van der Waals surface area contributed by atoms with Crippen LogP contribution in [0.2, 0.25) is 0 Å². The van der Waals surface area contributed by atoms with Gasteiger partial charge in [0, 0.05) is 16.7 Å². The highest BCUT2D eigenvalue weighted by Gasteiger charge is 2.51. The molecular weight excluding hydrogens is 381 g/mol. The Balaban J connectivity index is 2.40. The number of aryl methyl sites for hydroxylation is 1. The van der Waals surface area contributed by atoms with Crippen LogP contribution in [0.3, 0.4) is 0 Å². The fourth-order valence-corrected chi connectivity index (χ4v) is 2.71. The lowest BCUT2D eigenvalue weighted by Crippen LogP contribution is -2.41. The largest absolute Gasteiger partial charge is 0.472 e. The molecule has 16 heteroatoms. The Morgan fingerprint density at radius 3 is 2.73 bits per heavy atom. The van der Waals surface area contributed by atoms with E-state index in [1.165, 1.54) is 6.92 Å². The summed E-state index contributed by atoms with van der Waals surface area (Å²) in [5.74, 6) is 0. The summed E-state index contributed by atoms with van der Waals surface area (Å²) in [7, 11) is -5.15. The Labute approximate surface area is 143 Å². The molecule has 0 bridgehead atoms. The third-order valence-corrected chi connectivity index (χ3v) is 3.89. The number of hydrogen-bond donors (Lipinski definition) is 5. The number of hydrogen-bond acceptors (Lipinski definition) is 9. The zero-order chi connectivity index (χ0) is 19.6. The molecule has 5 atom stereocenters. The molecule has 1 saturated heterocycles. The number of nitrogens with one attached hydrogen (secondary N) is 1. The number of azide groups is 1. The van der Waals surface area contributed by atoms with Gasteiger partial charge in [-0.05, 0) is 12.5 Å². The molecule has 2 rings (SSSR count). The Hall–Kier alpha value is -2.22. The van der Waals surface area contributed by atoms with Crippen molar-refractivity contribution < 1.29 is 38.7 Å². The van der Waals surface area contributed by atoms with Crippen molar-refractivity contribution in [2.45, 2.75) is 37.8 Å². The molecule has 144 valence electrons. The Morgan fingerprint density at radius 1 is 1.50 bits per heavy atom. The van der Waals surface area contributed by atoms with Gasteiger partial charge in [-0.2, -0.15) is 0 Å². The standard InChI is InChI=1S/C10H14N5O10P/c1-3-2-15(10(19)12-7(3)17)8-4(16)5(24-14-13-11)6(23-8)9(18)25-26(20,21)22/h2,4-6,8-9,16,18H,1H3,(H,12,17,19)(H2,20,21,22)/t4?,5?,6-,8+,9?/m0/s1. The van der Waals surface area contributed by atoms with Gasteiger partial charge >= 0.3 is 13.5 Å². The molecule has 15 nitrogen and oxygen atoms in total. The van der Waals surface area contributed by atoms with E-state index in [0.717, 1.165) is 10.8 Å². The van der Waals surface area contributed by atoms with Crippen molar-refractivity contribution in [3.8, 4) is 0 Å². The number of aliphatic hydroxyl groups excluding tert-OH is 2. The SMILES string of the molecule is Cc1cn([C@@H]2O[C@H](C(O)OP(=O)(O)O)C(ON=[N+]=[N-])C2O)c(=O)[nH]c1=O. The molecule has 1 fully saturated rings. The lowest BCUT2D eigenvalue weighted by molar-refractivity contribution is -0.169. The molecule has 1 aliphatic heterocycles. The first kappa shape index (κ1) is 20.1. The normalized spacial score (nSPS) is 27.0. The van der Waals surface area contributed by atoms with Gasteiger partial charge in [-0.25, -0.2) is 9.36 Å². The maximum Gasteiger partial charge on any atom is 0.472 e. The van der Waals surface area contributed by atoms with Crippen LogP contribution in [-0.4, -0.2) is 54.2 Å². The topological polar surface area (TPSA) is 229 Å². The minimum Gasteiger partial charge on any atom is -0.424 e. The number of aliphatic hydroxyl groups is 2. The van der Waals surface area contributed by atoms with E-state index in [2.05, 4.69) is 19.6 Å². The van der Waals surface area contributed by atoms with Gasteiger partial charge in [0.1, 0.15) is 11.4 Å². The van der Waals surface area contributed by atoms with Crippen molar-refractivity contribution in [2.75, 3.05) is 0 Å². The van der Waals surface area contributed by atoms with Crippen LogP contribution >= 0.6 is 7.82 Å². The van der Waals surface area contributed by atoms with Crippen molar-refractivity contribution in [1.29, 1.82) is 0 Å².